The molecule has 4 aromatic rings. The first kappa shape index (κ1) is 20.9. The summed E-state index contributed by atoms with van der Waals surface area (Å²) in [4.78, 5) is 30.8. The molecule has 31 heavy (non-hydrogen) atoms. The molecule has 1 amide bonds. The van der Waals surface area contributed by atoms with Crippen molar-refractivity contribution < 1.29 is 9.18 Å². The van der Waals surface area contributed by atoms with Crippen molar-refractivity contribution in [1.82, 2.24) is 14.9 Å². The van der Waals surface area contributed by atoms with Crippen LogP contribution in [0.4, 0.5) is 4.39 Å². The number of carbonyl (C=O) groups excluding carboxylic acids is 1. The maximum absolute atomic E-state index is 13.3. The van der Waals surface area contributed by atoms with Crippen LogP contribution in [-0.2, 0) is 11.3 Å². The van der Waals surface area contributed by atoms with Crippen LogP contribution >= 0.6 is 11.3 Å². The molecule has 5 nitrogen and oxygen atoms in total. The lowest BCUT2D eigenvalue weighted by molar-refractivity contribution is -0.122. The van der Waals surface area contributed by atoms with Crippen LogP contribution in [0.5, 0.6) is 0 Å². The zero-order valence-electron chi connectivity index (χ0n) is 17.0. The molecule has 4 rings (SSSR count). The molecule has 2 aromatic heterocycles. The summed E-state index contributed by atoms with van der Waals surface area (Å²) in [6.45, 7) is 1.95. The molecule has 158 valence electrons. The molecular formula is C24H22FN3O2S. The topological polar surface area (TPSA) is 64.0 Å². The molecule has 2 aromatic carbocycles. The number of aromatic nitrogens is 2. The minimum atomic E-state index is -0.337. The van der Waals surface area contributed by atoms with Crippen LogP contribution in [0.3, 0.4) is 0 Å². The molecule has 0 aliphatic carbocycles. The first-order valence-electron chi connectivity index (χ1n) is 10.1. The number of amides is 1. The minimum absolute atomic E-state index is 0.109. The molecule has 0 radical (unpaired) electrons. The second-order valence-electron chi connectivity index (χ2n) is 7.33. The van der Waals surface area contributed by atoms with Crippen LogP contribution in [0.2, 0.25) is 0 Å². The number of thiophene rings is 1. The van der Waals surface area contributed by atoms with E-state index < -0.39 is 0 Å². The Morgan fingerprint density at radius 3 is 2.61 bits per heavy atom. The first-order valence-corrected chi connectivity index (χ1v) is 11.0. The Hall–Kier alpha value is -3.32. The molecule has 0 bridgehead atoms. The van der Waals surface area contributed by atoms with E-state index in [1.165, 1.54) is 34.4 Å². The molecule has 0 spiro atoms. The first-order chi connectivity index (χ1) is 15.1. The summed E-state index contributed by atoms with van der Waals surface area (Å²) in [6.07, 6.45) is 3.14. The molecule has 7 heteroatoms. The van der Waals surface area contributed by atoms with E-state index in [0.29, 0.717) is 15.8 Å². The fourth-order valence-electron chi connectivity index (χ4n) is 3.61. The number of fused-ring (bicyclic) bond motifs is 1. The van der Waals surface area contributed by atoms with Crippen molar-refractivity contribution in [3.8, 4) is 11.1 Å². The van der Waals surface area contributed by atoms with Gasteiger partial charge in [0.2, 0.25) is 5.91 Å². The van der Waals surface area contributed by atoms with Gasteiger partial charge in [0.25, 0.3) is 5.56 Å². The van der Waals surface area contributed by atoms with Crippen molar-refractivity contribution >= 4 is 27.5 Å². The summed E-state index contributed by atoms with van der Waals surface area (Å²) in [6, 6.07) is 15.7. The van der Waals surface area contributed by atoms with Crippen LogP contribution in [-0.4, -0.2) is 15.5 Å². The van der Waals surface area contributed by atoms with Gasteiger partial charge in [0.15, 0.2) is 0 Å². The van der Waals surface area contributed by atoms with E-state index in [9.17, 15) is 14.0 Å². The Kier molecular flexibility index (Phi) is 6.23. The molecule has 0 saturated carbocycles. The average Bonchev–Trinajstić information content (AvgIpc) is 3.21. The Balaban J connectivity index is 1.60. The zero-order chi connectivity index (χ0) is 21.8. The quantitative estimate of drug-likeness (QED) is 0.448. The number of hydrogen-bond donors (Lipinski definition) is 1. The van der Waals surface area contributed by atoms with E-state index in [1.54, 1.807) is 12.1 Å². The molecular weight excluding hydrogens is 413 g/mol. The van der Waals surface area contributed by atoms with Gasteiger partial charge in [-0.1, -0.05) is 55.8 Å². The Morgan fingerprint density at radius 2 is 1.90 bits per heavy atom. The molecule has 1 unspecified atom stereocenters. The predicted octanol–water partition coefficient (Wildman–Crippen LogP) is 4.92. The van der Waals surface area contributed by atoms with Gasteiger partial charge in [-0.3, -0.25) is 14.2 Å². The molecule has 2 heterocycles. The second-order valence-corrected chi connectivity index (χ2v) is 8.19. The Labute approximate surface area is 183 Å². The number of nitrogens with zero attached hydrogens (tertiary/aromatic N) is 2. The molecule has 1 atom stereocenters. The highest BCUT2D eigenvalue weighted by Crippen LogP contribution is 2.30. The average molecular weight is 436 g/mol. The maximum atomic E-state index is 13.3. The normalized spacial score (nSPS) is 12.1. The summed E-state index contributed by atoms with van der Waals surface area (Å²) in [5, 5.41) is 5.32. The lowest BCUT2D eigenvalue weighted by Crippen LogP contribution is -2.34. The van der Waals surface area contributed by atoms with E-state index in [4.69, 9.17) is 0 Å². The highest BCUT2D eigenvalue weighted by Gasteiger charge is 2.17. The van der Waals surface area contributed by atoms with Crippen molar-refractivity contribution in [3.63, 3.8) is 0 Å². The van der Waals surface area contributed by atoms with Crippen molar-refractivity contribution in [2.24, 2.45) is 0 Å². The number of hydrogen-bond acceptors (Lipinski definition) is 4. The fourth-order valence-corrected chi connectivity index (χ4v) is 4.52. The van der Waals surface area contributed by atoms with Gasteiger partial charge in [0.1, 0.15) is 17.2 Å². The van der Waals surface area contributed by atoms with Crippen molar-refractivity contribution in [2.45, 2.75) is 32.4 Å². The minimum Gasteiger partial charge on any atom is -0.348 e. The SMILES string of the molecule is CCCC(NC(=O)Cn1cnc2scc(-c3ccc(F)cc3)c2c1=O)c1ccccc1. The fraction of sp³-hybridized carbons (Fsp3) is 0.208. The summed E-state index contributed by atoms with van der Waals surface area (Å²) < 4.78 is 14.6. The predicted molar refractivity (Wildman–Crippen MR) is 122 cm³/mol. The van der Waals surface area contributed by atoms with E-state index >= 15 is 0 Å². The lowest BCUT2D eigenvalue weighted by atomic mass is 10.0. The van der Waals surface area contributed by atoms with Crippen LogP contribution in [0.25, 0.3) is 21.3 Å². The number of rotatable bonds is 7. The van der Waals surface area contributed by atoms with Gasteiger partial charge in [-0.25, -0.2) is 9.37 Å². The zero-order valence-corrected chi connectivity index (χ0v) is 17.9. The van der Waals surface area contributed by atoms with Crippen LogP contribution < -0.4 is 10.9 Å². The summed E-state index contributed by atoms with van der Waals surface area (Å²) in [5.41, 5.74) is 2.18. The monoisotopic (exact) mass is 435 g/mol. The van der Waals surface area contributed by atoms with E-state index in [-0.39, 0.29) is 29.9 Å². The third-order valence-corrected chi connectivity index (χ3v) is 6.03. The van der Waals surface area contributed by atoms with E-state index in [0.717, 1.165) is 24.0 Å². The van der Waals surface area contributed by atoms with Crippen LogP contribution in [0, 0.1) is 5.82 Å². The van der Waals surface area contributed by atoms with Gasteiger partial charge in [-0.2, -0.15) is 0 Å². The largest absolute Gasteiger partial charge is 0.348 e. The maximum Gasteiger partial charge on any atom is 0.263 e. The molecule has 0 fully saturated rings. The Bertz CT molecular complexity index is 1250. The standard InChI is InChI=1S/C24H22FN3O2S/c1-2-6-20(17-7-4-3-5-8-17)27-21(29)13-28-15-26-23-22(24(28)30)19(14-31-23)16-9-11-18(25)12-10-16/h3-5,7-12,14-15,20H,2,6,13H2,1H3,(H,27,29). The second kappa shape index (κ2) is 9.22. The van der Waals surface area contributed by atoms with Gasteiger partial charge in [0.05, 0.1) is 17.8 Å². The van der Waals surface area contributed by atoms with Gasteiger partial charge >= 0.3 is 0 Å². The van der Waals surface area contributed by atoms with Gasteiger partial charge in [0, 0.05) is 10.9 Å². The molecule has 0 saturated heterocycles. The summed E-state index contributed by atoms with van der Waals surface area (Å²) in [5.74, 6) is -0.584. The van der Waals surface area contributed by atoms with Crippen LogP contribution in [0.1, 0.15) is 31.4 Å². The number of halogens is 1. The smallest absolute Gasteiger partial charge is 0.263 e. The summed E-state index contributed by atoms with van der Waals surface area (Å²) >= 11 is 1.35. The molecule has 0 aliphatic heterocycles. The van der Waals surface area contributed by atoms with Crippen molar-refractivity contribution in [2.75, 3.05) is 0 Å². The van der Waals surface area contributed by atoms with Gasteiger partial charge in [-0.15, -0.1) is 11.3 Å². The highest BCUT2D eigenvalue weighted by atomic mass is 32.1. The molecule has 1 N–H and O–H groups in total. The van der Waals surface area contributed by atoms with Gasteiger partial charge < -0.3 is 5.32 Å². The van der Waals surface area contributed by atoms with E-state index in [2.05, 4.69) is 17.2 Å². The summed E-state index contributed by atoms with van der Waals surface area (Å²) in [7, 11) is 0. The number of nitrogens with one attached hydrogen (secondary N) is 1. The van der Waals surface area contributed by atoms with Crippen LogP contribution in [0.15, 0.2) is 71.1 Å². The number of benzene rings is 2. The van der Waals surface area contributed by atoms with Crippen molar-refractivity contribution in [3.05, 3.63) is 88.0 Å². The van der Waals surface area contributed by atoms with E-state index in [1.807, 2.05) is 35.7 Å². The highest BCUT2D eigenvalue weighted by molar-refractivity contribution is 7.17. The lowest BCUT2D eigenvalue weighted by Gasteiger charge is -2.19. The third-order valence-electron chi connectivity index (χ3n) is 5.14. The Morgan fingerprint density at radius 1 is 1.16 bits per heavy atom. The number of carbonyl (C=O) groups is 1. The third kappa shape index (κ3) is 4.56. The van der Waals surface area contributed by atoms with Gasteiger partial charge in [-0.05, 0) is 29.7 Å². The molecule has 0 aliphatic rings. The van der Waals surface area contributed by atoms with Crippen molar-refractivity contribution in [1.29, 1.82) is 0 Å².